The van der Waals surface area contributed by atoms with E-state index in [0.717, 1.165) is 0 Å². The number of phenols is 1. The largest absolute Gasteiger partial charge is 0.507 e. The molecular weight excluding hydrogens is 185 g/mol. The number of hydrogen-bond acceptors (Lipinski definition) is 3. The van der Waals surface area contributed by atoms with Crippen LogP contribution in [0, 0.1) is 12.7 Å². The molecule has 1 aromatic rings. The highest BCUT2D eigenvalue weighted by molar-refractivity contribution is 5.44. The number of halogens is 1. The average Bonchev–Trinajstić information content (AvgIpc) is 2.12. The van der Waals surface area contributed by atoms with Gasteiger partial charge in [0, 0.05) is 0 Å². The van der Waals surface area contributed by atoms with Crippen LogP contribution in [0.1, 0.15) is 18.1 Å². The molecule has 0 spiro atoms. The summed E-state index contributed by atoms with van der Waals surface area (Å²) < 4.78 is 13.4. The minimum absolute atomic E-state index is 0.0417. The molecule has 0 radical (unpaired) electrons. The Morgan fingerprint density at radius 2 is 2.07 bits per heavy atom. The molecule has 0 aliphatic rings. The molecule has 1 rings (SSSR count). The zero-order chi connectivity index (χ0) is 10.9. The van der Waals surface area contributed by atoms with Crippen LogP contribution < -0.4 is 5.73 Å². The van der Waals surface area contributed by atoms with Crippen LogP contribution >= 0.6 is 0 Å². The molecule has 4 N–H and O–H groups in total. The first-order valence-electron chi connectivity index (χ1n) is 4.28. The van der Waals surface area contributed by atoms with Gasteiger partial charge in [0.1, 0.15) is 11.6 Å². The Morgan fingerprint density at radius 3 is 2.57 bits per heavy atom. The van der Waals surface area contributed by atoms with Crippen molar-refractivity contribution in [3.63, 3.8) is 0 Å². The van der Waals surface area contributed by atoms with E-state index in [1.165, 1.54) is 19.1 Å². The first-order chi connectivity index (χ1) is 6.40. The van der Waals surface area contributed by atoms with Crippen LogP contribution in [0.15, 0.2) is 12.1 Å². The number of hydrogen-bond donors (Lipinski definition) is 3. The van der Waals surface area contributed by atoms with Crippen LogP contribution in [-0.2, 0) is 5.54 Å². The number of phenolic OH excluding ortho intramolecular Hbond substituents is 1. The van der Waals surface area contributed by atoms with Crippen molar-refractivity contribution >= 4 is 0 Å². The Labute approximate surface area is 82.0 Å². The number of aliphatic hydroxyl groups is 1. The van der Waals surface area contributed by atoms with Gasteiger partial charge in [-0.2, -0.15) is 0 Å². The van der Waals surface area contributed by atoms with Gasteiger partial charge in [0.15, 0.2) is 0 Å². The molecule has 14 heavy (non-hydrogen) atoms. The van der Waals surface area contributed by atoms with Crippen LogP contribution in [0.3, 0.4) is 0 Å². The Balaban J connectivity index is 3.40. The van der Waals surface area contributed by atoms with Gasteiger partial charge in [0.25, 0.3) is 0 Å². The maximum absolute atomic E-state index is 13.4. The number of aryl methyl sites for hydroxylation is 1. The lowest BCUT2D eigenvalue weighted by molar-refractivity contribution is 0.202. The fourth-order valence-electron chi connectivity index (χ4n) is 1.29. The van der Waals surface area contributed by atoms with Crippen molar-refractivity contribution in [2.24, 2.45) is 5.73 Å². The minimum atomic E-state index is -1.26. The predicted octanol–water partition coefficient (Wildman–Crippen LogP) is 1.01. The lowest BCUT2D eigenvalue weighted by Crippen LogP contribution is -2.38. The molecule has 0 aliphatic carbocycles. The summed E-state index contributed by atoms with van der Waals surface area (Å²) in [6.07, 6.45) is 0. The van der Waals surface area contributed by atoms with Crippen molar-refractivity contribution in [3.05, 3.63) is 29.1 Å². The van der Waals surface area contributed by atoms with E-state index in [-0.39, 0.29) is 11.3 Å². The zero-order valence-corrected chi connectivity index (χ0v) is 8.21. The van der Waals surface area contributed by atoms with Gasteiger partial charge >= 0.3 is 0 Å². The molecule has 1 unspecified atom stereocenters. The van der Waals surface area contributed by atoms with Crippen LogP contribution in [0.5, 0.6) is 5.75 Å². The lowest BCUT2D eigenvalue weighted by Gasteiger charge is -2.24. The molecule has 1 atom stereocenters. The molecule has 0 saturated carbocycles. The number of benzene rings is 1. The quantitative estimate of drug-likeness (QED) is 0.665. The van der Waals surface area contributed by atoms with Crippen LogP contribution in [0.4, 0.5) is 4.39 Å². The second-order valence-corrected chi connectivity index (χ2v) is 3.66. The highest BCUT2D eigenvalue weighted by Gasteiger charge is 2.28. The third-order valence-electron chi connectivity index (χ3n) is 2.23. The molecule has 0 saturated heterocycles. The summed E-state index contributed by atoms with van der Waals surface area (Å²) in [5.74, 6) is -0.795. The van der Waals surface area contributed by atoms with Gasteiger partial charge < -0.3 is 15.9 Å². The highest BCUT2D eigenvalue weighted by atomic mass is 19.1. The Morgan fingerprint density at radius 1 is 1.50 bits per heavy atom. The standard InChI is InChI=1S/C10H14FNO2/c1-6-3-4-7(11)8(9(6)14)10(2,12)5-13/h3-4,13-14H,5,12H2,1-2H3. The van der Waals surface area contributed by atoms with Crippen molar-refractivity contribution in [2.75, 3.05) is 6.61 Å². The van der Waals surface area contributed by atoms with Gasteiger partial charge in [-0.3, -0.25) is 0 Å². The average molecular weight is 199 g/mol. The molecule has 3 nitrogen and oxygen atoms in total. The van der Waals surface area contributed by atoms with Crippen LogP contribution in [-0.4, -0.2) is 16.8 Å². The maximum Gasteiger partial charge on any atom is 0.132 e. The number of nitrogens with two attached hydrogens (primary N) is 1. The SMILES string of the molecule is Cc1ccc(F)c(C(C)(N)CO)c1O. The normalized spacial score (nSPS) is 15.2. The molecule has 1 aromatic carbocycles. The van der Waals surface area contributed by atoms with Gasteiger partial charge in [-0.15, -0.1) is 0 Å². The second-order valence-electron chi connectivity index (χ2n) is 3.66. The predicted molar refractivity (Wildman–Crippen MR) is 51.4 cm³/mol. The van der Waals surface area contributed by atoms with Crippen molar-refractivity contribution in [3.8, 4) is 5.75 Å². The molecule has 0 aliphatic heterocycles. The summed E-state index contributed by atoms with van der Waals surface area (Å²) in [5, 5.41) is 18.6. The molecule has 0 bridgehead atoms. The Hall–Kier alpha value is -1.13. The van der Waals surface area contributed by atoms with Gasteiger partial charge in [-0.05, 0) is 25.5 Å². The molecule has 0 aromatic heterocycles. The van der Waals surface area contributed by atoms with Gasteiger partial charge in [-0.1, -0.05) is 6.07 Å². The van der Waals surface area contributed by atoms with E-state index in [1.54, 1.807) is 6.92 Å². The molecule has 0 amide bonds. The summed E-state index contributed by atoms with van der Waals surface area (Å²) >= 11 is 0. The third kappa shape index (κ3) is 1.71. The highest BCUT2D eigenvalue weighted by Crippen LogP contribution is 2.32. The molecule has 0 fully saturated rings. The summed E-state index contributed by atoms with van der Waals surface area (Å²) in [4.78, 5) is 0. The first-order valence-corrected chi connectivity index (χ1v) is 4.28. The Kier molecular flexibility index (Phi) is 2.78. The van der Waals surface area contributed by atoms with Crippen LogP contribution in [0.25, 0.3) is 0 Å². The lowest BCUT2D eigenvalue weighted by atomic mass is 9.91. The Bertz CT molecular complexity index is 350. The van der Waals surface area contributed by atoms with E-state index < -0.39 is 18.0 Å². The van der Waals surface area contributed by atoms with E-state index in [4.69, 9.17) is 10.8 Å². The first kappa shape index (κ1) is 10.9. The smallest absolute Gasteiger partial charge is 0.132 e. The van der Waals surface area contributed by atoms with Crippen molar-refractivity contribution in [1.82, 2.24) is 0 Å². The van der Waals surface area contributed by atoms with E-state index in [1.807, 2.05) is 0 Å². The molecule has 0 heterocycles. The van der Waals surface area contributed by atoms with Crippen molar-refractivity contribution < 1.29 is 14.6 Å². The molecular formula is C10H14FNO2. The summed E-state index contributed by atoms with van der Waals surface area (Å²) in [6, 6.07) is 2.69. The third-order valence-corrected chi connectivity index (χ3v) is 2.23. The fourth-order valence-corrected chi connectivity index (χ4v) is 1.29. The van der Waals surface area contributed by atoms with Gasteiger partial charge in [0.05, 0.1) is 17.7 Å². The number of rotatable bonds is 2. The van der Waals surface area contributed by atoms with Crippen molar-refractivity contribution in [1.29, 1.82) is 0 Å². The number of aliphatic hydroxyl groups excluding tert-OH is 1. The second kappa shape index (κ2) is 3.55. The van der Waals surface area contributed by atoms with E-state index in [0.29, 0.717) is 5.56 Å². The summed E-state index contributed by atoms with van der Waals surface area (Å²) in [7, 11) is 0. The van der Waals surface area contributed by atoms with E-state index >= 15 is 0 Å². The molecule has 4 heteroatoms. The number of aromatic hydroxyl groups is 1. The van der Waals surface area contributed by atoms with Gasteiger partial charge in [0.2, 0.25) is 0 Å². The van der Waals surface area contributed by atoms with E-state index in [2.05, 4.69) is 0 Å². The summed E-state index contributed by atoms with van der Waals surface area (Å²) in [5.41, 5.74) is 4.89. The summed E-state index contributed by atoms with van der Waals surface area (Å²) in [6.45, 7) is 2.68. The fraction of sp³-hybridized carbons (Fsp3) is 0.400. The van der Waals surface area contributed by atoms with Gasteiger partial charge in [-0.25, -0.2) is 4.39 Å². The topological polar surface area (TPSA) is 66.5 Å². The van der Waals surface area contributed by atoms with Crippen molar-refractivity contribution in [2.45, 2.75) is 19.4 Å². The van der Waals surface area contributed by atoms with Crippen LogP contribution in [0.2, 0.25) is 0 Å². The zero-order valence-electron chi connectivity index (χ0n) is 8.21. The molecule has 78 valence electrons. The van der Waals surface area contributed by atoms with E-state index in [9.17, 15) is 9.50 Å². The monoisotopic (exact) mass is 199 g/mol. The maximum atomic E-state index is 13.4. The minimum Gasteiger partial charge on any atom is -0.507 e.